The molecule has 1 aliphatic heterocycles. The van der Waals surface area contributed by atoms with Crippen LogP contribution in [0.5, 0.6) is 5.75 Å². The number of aryl methyl sites for hydroxylation is 1. The number of nitrogens with one attached hydrogen (secondary N) is 2. The first-order chi connectivity index (χ1) is 17.0. The summed E-state index contributed by atoms with van der Waals surface area (Å²) in [6.45, 7) is 6.20. The molecular formula is C24H31N8O2S+. The van der Waals surface area contributed by atoms with Crippen molar-refractivity contribution in [1.29, 1.82) is 0 Å². The van der Waals surface area contributed by atoms with E-state index in [2.05, 4.69) is 25.8 Å². The van der Waals surface area contributed by atoms with E-state index in [1.807, 2.05) is 35.9 Å². The second-order valence-corrected chi connectivity index (χ2v) is 9.16. The molecule has 2 aromatic carbocycles. The summed E-state index contributed by atoms with van der Waals surface area (Å²) in [4.78, 5) is 14.2. The van der Waals surface area contributed by atoms with Crippen molar-refractivity contribution >= 4 is 55.9 Å². The second kappa shape index (κ2) is 11.1. The predicted octanol–water partition coefficient (Wildman–Crippen LogP) is 5.15. The van der Waals surface area contributed by atoms with Gasteiger partial charge in [-0.25, -0.2) is 0 Å². The number of aromatic nitrogens is 2. The fourth-order valence-electron chi connectivity index (χ4n) is 3.82. The summed E-state index contributed by atoms with van der Waals surface area (Å²) in [5, 5.41) is 21.5. The topological polar surface area (TPSA) is 121 Å². The molecule has 35 heavy (non-hydrogen) atoms. The van der Waals surface area contributed by atoms with Crippen molar-refractivity contribution in [2.45, 2.75) is 39.7 Å². The smallest absolute Gasteiger partial charge is 0.432 e. The summed E-state index contributed by atoms with van der Waals surface area (Å²) < 4.78 is 7.45. The third-order valence-corrected chi connectivity index (χ3v) is 6.59. The Balaban J connectivity index is 1.66. The molecule has 0 spiro atoms. The maximum absolute atomic E-state index is 11.9. The van der Waals surface area contributed by atoms with Crippen LogP contribution < -0.4 is 30.7 Å². The molecule has 0 bridgehead atoms. The van der Waals surface area contributed by atoms with Crippen molar-refractivity contribution in [2.24, 2.45) is 10.2 Å². The van der Waals surface area contributed by atoms with E-state index in [0.29, 0.717) is 40.2 Å². The number of hydrogen-bond acceptors (Lipinski definition) is 9. The van der Waals surface area contributed by atoms with E-state index in [1.54, 1.807) is 19.2 Å². The minimum atomic E-state index is -0.209. The van der Waals surface area contributed by atoms with Crippen LogP contribution in [0.1, 0.15) is 33.1 Å². The lowest BCUT2D eigenvalue weighted by atomic mass is 10.1. The molecule has 1 aliphatic rings. The molecule has 1 saturated heterocycles. The van der Waals surface area contributed by atoms with Crippen molar-refractivity contribution in [3.05, 3.63) is 36.4 Å². The number of hydrogen-bond donors (Lipinski definition) is 3. The SMILES string of the molecule is CC[n+]1nc(N2CCCCC2)sc1N=Nc1cc(OC)c(Nc2ccc(N)cc2)cc1NC(C)=O. The maximum atomic E-state index is 11.9. The van der Waals surface area contributed by atoms with Crippen molar-refractivity contribution in [3.63, 3.8) is 0 Å². The predicted molar refractivity (Wildman–Crippen MR) is 140 cm³/mol. The zero-order chi connectivity index (χ0) is 24.8. The molecule has 1 aromatic heterocycles. The monoisotopic (exact) mass is 495 g/mol. The van der Waals surface area contributed by atoms with Gasteiger partial charge < -0.3 is 26.0 Å². The first-order valence-electron chi connectivity index (χ1n) is 11.7. The van der Waals surface area contributed by atoms with Gasteiger partial charge in [-0.2, -0.15) is 0 Å². The third-order valence-electron chi connectivity index (χ3n) is 5.60. The number of carbonyl (C=O) groups excluding carboxylic acids is 1. The number of nitrogens with two attached hydrogens (primary N) is 1. The molecule has 0 saturated carbocycles. The number of piperidine rings is 1. The number of amides is 1. The number of nitrogens with zero attached hydrogens (tertiary/aromatic N) is 5. The highest BCUT2D eigenvalue weighted by atomic mass is 32.1. The summed E-state index contributed by atoms with van der Waals surface area (Å²) in [6.07, 6.45) is 3.62. The van der Waals surface area contributed by atoms with Crippen LogP contribution in [0.4, 0.5) is 38.7 Å². The van der Waals surface area contributed by atoms with Crippen molar-refractivity contribution in [2.75, 3.05) is 41.5 Å². The van der Waals surface area contributed by atoms with Crippen LogP contribution in [0.25, 0.3) is 0 Å². The molecule has 1 fully saturated rings. The fourth-order valence-corrected chi connectivity index (χ4v) is 4.79. The van der Waals surface area contributed by atoms with E-state index in [9.17, 15) is 4.79 Å². The zero-order valence-corrected chi connectivity index (χ0v) is 21.1. The van der Waals surface area contributed by atoms with E-state index < -0.39 is 0 Å². The van der Waals surface area contributed by atoms with Gasteiger partial charge in [0.25, 0.3) is 0 Å². The van der Waals surface area contributed by atoms with Crippen molar-refractivity contribution in [3.8, 4) is 5.75 Å². The van der Waals surface area contributed by atoms with Crippen LogP contribution in [0, 0.1) is 0 Å². The van der Waals surface area contributed by atoms with Gasteiger partial charge in [0.05, 0.1) is 23.6 Å². The minimum absolute atomic E-state index is 0.209. The summed E-state index contributed by atoms with van der Waals surface area (Å²) in [5.41, 5.74) is 8.97. The molecule has 0 atom stereocenters. The van der Waals surface area contributed by atoms with E-state index in [-0.39, 0.29) is 5.91 Å². The summed E-state index contributed by atoms with van der Waals surface area (Å²) in [5.74, 6) is 0.352. The highest BCUT2D eigenvalue weighted by Gasteiger charge is 2.23. The fraction of sp³-hybridized carbons (Fsp3) is 0.375. The number of ether oxygens (including phenoxy) is 1. The average molecular weight is 496 g/mol. The van der Waals surface area contributed by atoms with Gasteiger partial charge in [0, 0.05) is 37.5 Å². The van der Waals surface area contributed by atoms with E-state index in [1.165, 1.54) is 37.5 Å². The third kappa shape index (κ3) is 6.04. The Kier molecular flexibility index (Phi) is 7.76. The lowest BCUT2D eigenvalue weighted by Gasteiger charge is -2.24. The van der Waals surface area contributed by atoms with Crippen LogP contribution in [0.15, 0.2) is 46.6 Å². The molecule has 0 aliphatic carbocycles. The quantitative estimate of drug-likeness (QED) is 0.226. The average Bonchev–Trinajstić information content (AvgIpc) is 3.28. The minimum Gasteiger partial charge on any atom is -0.494 e. The number of benzene rings is 2. The van der Waals surface area contributed by atoms with Crippen LogP contribution in [0.2, 0.25) is 0 Å². The van der Waals surface area contributed by atoms with E-state index in [0.717, 1.165) is 23.9 Å². The molecule has 0 radical (unpaired) electrons. The van der Waals surface area contributed by atoms with Crippen LogP contribution in [0.3, 0.4) is 0 Å². The normalized spacial score (nSPS) is 13.7. The van der Waals surface area contributed by atoms with Gasteiger partial charge in [0.1, 0.15) is 18.0 Å². The molecular weight excluding hydrogens is 464 g/mol. The second-order valence-electron chi connectivity index (χ2n) is 8.23. The van der Waals surface area contributed by atoms with Crippen molar-refractivity contribution in [1.82, 2.24) is 5.10 Å². The number of nitrogen functional groups attached to an aromatic ring is 1. The number of carbonyl (C=O) groups is 1. The Bertz CT molecular complexity index is 1200. The van der Waals surface area contributed by atoms with Gasteiger partial charge in [-0.3, -0.25) is 4.79 Å². The molecule has 4 rings (SSSR count). The van der Waals surface area contributed by atoms with E-state index >= 15 is 0 Å². The van der Waals surface area contributed by atoms with Gasteiger partial charge >= 0.3 is 5.13 Å². The largest absolute Gasteiger partial charge is 0.494 e. The van der Waals surface area contributed by atoms with Crippen LogP contribution >= 0.6 is 11.3 Å². The van der Waals surface area contributed by atoms with E-state index in [4.69, 9.17) is 15.6 Å². The Morgan fingerprint density at radius 3 is 2.57 bits per heavy atom. The molecule has 1 amide bonds. The lowest BCUT2D eigenvalue weighted by molar-refractivity contribution is -0.733. The number of methoxy groups -OCH3 is 1. The Morgan fingerprint density at radius 1 is 1.17 bits per heavy atom. The number of azo groups is 1. The molecule has 10 nitrogen and oxygen atoms in total. The first-order valence-corrected chi connectivity index (χ1v) is 12.5. The molecule has 0 unspecified atom stereocenters. The summed E-state index contributed by atoms with van der Waals surface area (Å²) in [6, 6.07) is 10.9. The van der Waals surface area contributed by atoms with Crippen LogP contribution in [-0.2, 0) is 11.3 Å². The summed E-state index contributed by atoms with van der Waals surface area (Å²) >= 11 is 1.52. The molecule has 3 aromatic rings. The van der Waals surface area contributed by atoms with Gasteiger partial charge in [-0.05, 0) is 73.0 Å². The summed E-state index contributed by atoms with van der Waals surface area (Å²) in [7, 11) is 1.58. The maximum Gasteiger partial charge on any atom is 0.432 e. The number of anilines is 5. The Morgan fingerprint density at radius 2 is 1.91 bits per heavy atom. The van der Waals surface area contributed by atoms with Gasteiger partial charge in [0.15, 0.2) is 0 Å². The van der Waals surface area contributed by atoms with Gasteiger partial charge in [0.2, 0.25) is 11.0 Å². The van der Waals surface area contributed by atoms with Crippen LogP contribution in [-0.4, -0.2) is 31.2 Å². The Hall–Kier alpha value is -3.73. The standard InChI is InChI=1S/C24H30N8O2S/c1-4-32-23(35-24(30-32)31-12-6-5-7-13-31)29-28-20-15-22(34-3)21(14-19(20)26-16(2)33)27-18-10-8-17(25)9-11-18/h8-11,14-15H,4-7,12-13H2,1-3H3,(H3,25,26,27,28,33)/p+1. The first kappa shape index (κ1) is 24.4. The Labute approximate surface area is 208 Å². The molecule has 11 heteroatoms. The van der Waals surface area contributed by atoms with Gasteiger partial charge in [-0.1, -0.05) is 5.10 Å². The molecule has 2 heterocycles. The highest BCUT2D eigenvalue weighted by Crippen LogP contribution is 2.39. The molecule has 184 valence electrons. The zero-order valence-electron chi connectivity index (χ0n) is 20.2. The molecule has 4 N–H and O–H groups in total. The number of rotatable bonds is 8. The van der Waals surface area contributed by atoms with Crippen molar-refractivity contribution < 1.29 is 14.2 Å². The van der Waals surface area contributed by atoms with Gasteiger partial charge in [-0.15, -0.1) is 4.68 Å². The lowest BCUT2D eigenvalue weighted by Crippen LogP contribution is -2.36. The highest BCUT2D eigenvalue weighted by molar-refractivity contribution is 7.18.